The lowest BCUT2D eigenvalue weighted by atomic mass is 9.98. The van der Waals surface area contributed by atoms with Crippen molar-refractivity contribution in [3.63, 3.8) is 0 Å². The van der Waals surface area contributed by atoms with E-state index in [0.717, 1.165) is 22.6 Å². The molecule has 1 atom stereocenters. The highest BCUT2D eigenvalue weighted by Crippen LogP contribution is 2.43. The van der Waals surface area contributed by atoms with E-state index in [-0.39, 0.29) is 16.7 Å². The van der Waals surface area contributed by atoms with E-state index in [9.17, 15) is 9.90 Å². The average Bonchev–Trinajstić information content (AvgIpc) is 3.43. The van der Waals surface area contributed by atoms with E-state index < -0.39 is 0 Å². The molecule has 0 radical (unpaired) electrons. The number of benzene rings is 3. The number of phenolic OH excluding ortho intramolecular Hbond substituents is 1. The number of aromatic hydroxyl groups is 1. The lowest BCUT2D eigenvalue weighted by molar-refractivity contribution is 0.461. The predicted octanol–water partition coefficient (Wildman–Crippen LogP) is 6.57. The van der Waals surface area contributed by atoms with Crippen LogP contribution in [0.2, 0.25) is 5.02 Å². The highest BCUT2D eigenvalue weighted by Gasteiger charge is 2.34. The maximum Gasteiger partial charge on any atom is 0.308 e. The Hall–Kier alpha value is -3.75. The number of hydrogen-bond donors (Lipinski definition) is 2. The molecule has 9 heteroatoms. The van der Waals surface area contributed by atoms with Crippen LogP contribution in [0.1, 0.15) is 23.6 Å². The van der Waals surface area contributed by atoms with E-state index in [1.807, 2.05) is 42.5 Å². The quantitative estimate of drug-likeness (QED) is 0.320. The van der Waals surface area contributed by atoms with Gasteiger partial charge in [0.05, 0.1) is 17.4 Å². The van der Waals surface area contributed by atoms with Crippen LogP contribution in [-0.2, 0) is 0 Å². The third kappa shape index (κ3) is 4.44. The third-order valence-corrected chi connectivity index (χ3v) is 6.25. The molecule has 3 aromatic carbocycles. The summed E-state index contributed by atoms with van der Waals surface area (Å²) in [5, 5.41) is 26.6. The number of hydrogen-bond acceptors (Lipinski definition) is 7. The summed E-state index contributed by atoms with van der Waals surface area (Å²) in [4.78, 5) is 14.9. The fourth-order valence-corrected chi connectivity index (χ4v) is 4.45. The number of anilines is 1. The van der Waals surface area contributed by atoms with E-state index in [1.54, 1.807) is 41.4 Å². The van der Waals surface area contributed by atoms with Crippen molar-refractivity contribution in [3.8, 4) is 5.75 Å². The van der Waals surface area contributed by atoms with Crippen LogP contribution < -0.4 is 9.88 Å². The maximum atomic E-state index is 12.3. The molecular formula is C24H18ClN5O2S. The summed E-state index contributed by atoms with van der Waals surface area (Å²) in [5.74, 6) is 0.598. The van der Waals surface area contributed by atoms with Crippen molar-refractivity contribution in [3.05, 3.63) is 105 Å². The van der Waals surface area contributed by atoms with Crippen molar-refractivity contribution in [1.82, 2.24) is 4.98 Å². The Labute approximate surface area is 198 Å². The summed E-state index contributed by atoms with van der Waals surface area (Å²) < 4.78 is 0. The van der Waals surface area contributed by atoms with Gasteiger partial charge in [0.15, 0.2) is 10.8 Å². The summed E-state index contributed by atoms with van der Waals surface area (Å²) in [6, 6.07) is 23.6. The van der Waals surface area contributed by atoms with E-state index in [1.165, 1.54) is 0 Å². The Kier molecular flexibility index (Phi) is 5.77. The van der Waals surface area contributed by atoms with Gasteiger partial charge in [-0.2, -0.15) is 5.10 Å². The minimum Gasteiger partial charge on any atom is -0.508 e. The first-order valence-corrected chi connectivity index (χ1v) is 11.4. The van der Waals surface area contributed by atoms with E-state index in [2.05, 4.69) is 15.2 Å². The van der Waals surface area contributed by atoms with Gasteiger partial charge in [-0.1, -0.05) is 71.5 Å². The zero-order valence-corrected chi connectivity index (χ0v) is 18.8. The molecule has 0 aliphatic carbocycles. The van der Waals surface area contributed by atoms with Crippen LogP contribution in [0, 0.1) is 0 Å². The van der Waals surface area contributed by atoms with E-state index in [4.69, 9.17) is 16.7 Å². The second kappa shape index (κ2) is 9.01. The Bertz CT molecular complexity index is 1400. The van der Waals surface area contributed by atoms with Gasteiger partial charge in [-0.05, 0) is 35.9 Å². The zero-order chi connectivity index (χ0) is 22.8. The van der Waals surface area contributed by atoms with Crippen molar-refractivity contribution < 1.29 is 5.11 Å². The number of azo groups is 1. The number of H-pyrrole nitrogens is 1. The maximum absolute atomic E-state index is 12.3. The molecular weight excluding hydrogens is 458 g/mol. The van der Waals surface area contributed by atoms with Gasteiger partial charge in [0.25, 0.3) is 0 Å². The van der Waals surface area contributed by atoms with Crippen molar-refractivity contribution in [2.45, 2.75) is 12.5 Å². The van der Waals surface area contributed by atoms with Crippen LogP contribution in [0.5, 0.6) is 5.75 Å². The standard InChI is InChI=1S/C24H18ClN5O2S/c25-16-10-12-17(13-11-16)27-28-23-22(26-24(32)33-23)30-20(18-8-4-5-9-21(18)31)14-19(29-30)15-6-2-1-3-7-15/h1-13,20,31H,14H2,(H,26,32)/t20-/m1/s1. The highest BCUT2D eigenvalue weighted by atomic mass is 35.5. The Morgan fingerprint density at radius 3 is 2.48 bits per heavy atom. The molecule has 0 amide bonds. The lowest BCUT2D eigenvalue weighted by Crippen LogP contribution is -2.19. The van der Waals surface area contributed by atoms with Crippen LogP contribution in [0.25, 0.3) is 0 Å². The van der Waals surface area contributed by atoms with Gasteiger partial charge in [0, 0.05) is 17.0 Å². The third-order valence-electron chi connectivity index (χ3n) is 5.24. The number of phenols is 1. The highest BCUT2D eigenvalue weighted by molar-refractivity contribution is 7.13. The minimum absolute atomic E-state index is 0.166. The summed E-state index contributed by atoms with van der Waals surface area (Å²) >= 11 is 6.89. The molecule has 1 aliphatic heterocycles. The Morgan fingerprint density at radius 1 is 1.00 bits per heavy atom. The Balaban J connectivity index is 1.57. The molecule has 0 spiro atoms. The number of aromatic nitrogens is 1. The molecule has 1 aliphatic rings. The van der Waals surface area contributed by atoms with Crippen LogP contribution in [0.4, 0.5) is 16.5 Å². The molecule has 0 fully saturated rings. The van der Waals surface area contributed by atoms with E-state index in [0.29, 0.717) is 33.5 Å². The molecule has 33 heavy (non-hydrogen) atoms. The van der Waals surface area contributed by atoms with Gasteiger partial charge >= 0.3 is 4.87 Å². The Morgan fingerprint density at radius 2 is 1.73 bits per heavy atom. The fourth-order valence-electron chi connectivity index (χ4n) is 3.68. The largest absolute Gasteiger partial charge is 0.508 e. The number of aromatic amines is 1. The van der Waals surface area contributed by atoms with Crippen molar-refractivity contribution in [2.75, 3.05) is 5.01 Å². The van der Waals surface area contributed by atoms with Crippen molar-refractivity contribution in [1.29, 1.82) is 0 Å². The topological polar surface area (TPSA) is 93.4 Å². The van der Waals surface area contributed by atoms with Gasteiger partial charge in [0.1, 0.15) is 5.75 Å². The molecule has 4 aromatic rings. The SMILES string of the molecule is O=c1[nH]c(N2N=C(c3ccccc3)C[C@@H]2c2ccccc2O)c(N=Nc2ccc(Cl)cc2)s1. The van der Waals surface area contributed by atoms with Crippen molar-refractivity contribution >= 4 is 45.2 Å². The fraction of sp³-hybridized carbons (Fsp3) is 0.0833. The van der Waals surface area contributed by atoms with E-state index >= 15 is 0 Å². The van der Waals surface area contributed by atoms with Crippen LogP contribution in [0.15, 0.2) is 99.0 Å². The number of nitrogens with zero attached hydrogens (tertiary/aromatic N) is 4. The number of halogens is 1. The molecule has 2 heterocycles. The minimum atomic E-state index is -0.323. The van der Waals surface area contributed by atoms with Gasteiger partial charge in [0.2, 0.25) is 0 Å². The van der Waals surface area contributed by atoms with Gasteiger partial charge < -0.3 is 5.11 Å². The number of thiazole rings is 1. The molecule has 7 nitrogen and oxygen atoms in total. The first-order chi connectivity index (χ1) is 16.1. The van der Waals surface area contributed by atoms with Crippen molar-refractivity contribution in [2.24, 2.45) is 15.3 Å². The molecule has 1 aromatic heterocycles. The molecule has 0 saturated carbocycles. The van der Waals surface area contributed by atoms with Crippen LogP contribution >= 0.6 is 22.9 Å². The second-order valence-electron chi connectivity index (χ2n) is 7.38. The summed E-state index contributed by atoms with van der Waals surface area (Å²) in [7, 11) is 0. The summed E-state index contributed by atoms with van der Waals surface area (Å²) in [5.41, 5.74) is 3.14. The molecule has 164 valence electrons. The lowest BCUT2D eigenvalue weighted by Gasteiger charge is -2.23. The smallest absolute Gasteiger partial charge is 0.308 e. The monoisotopic (exact) mass is 475 g/mol. The first kappa shape index (κ1) is 21.1. The summed E-state index contributed by atoms with van der Waals surface area (Å²) in [6.45, 7) is 0. The second-order valence-corrected chi connectivity index (χ2v) is 8.78. The number of nitrogens with one attached hydrogen (secondary N) is 1. The number of para-hydroxylation sites is 1. The molecule has 0 bridgehead atoms. The predicted molar refractivity (Wildman–Crippen MR) is 131 cm³/mol. The summed E-state index contributed by atoms with van der Waals surface area (Å²) in [6.07, 6.45) is 0.549. The number of hydrazone groups is 1. The number of rotatable bonds is 5. The molecule has 0 saturated heterocycles. The zero-order valence-electron chi connectivity index (χ0n) is 17.2. The van der Waals surface area contributed by atoms with Gasteiger partial charge in [-0.15, -0.1) is 10.2 Å². The normalized spacial score (nSPS) is 15.8. The molecule has 0 unspecified atom stereocenters. The molecule has 2 N–H and O–H groups in total. The van der Waals surface area contributed by atoms with Gasteiger partial charge in [-0.25, -0.2) is 5.01 Å². The first-order valence-electron chi connectivity index (χ1n) is 10.2. The van der Waals surface area contributed by atoms with Crippen LogP contribution in [-0.4, -0.2) is 15.8 Å². The van der Waals surface area contributed by atoms with Gasteiger partial charge in [-0.3, -0.25) is 9.78 Å². The molecule has 5 rings (SSSR count). The average molecular weight is 476 g/mol. The van der Waals surface area contributed by atoms with Crippen LogP contribution in [0.3, 0.4) is 0 Å².